The van der Waals surface area contributed by atoms with Crippen LogP contribution in [-0.4, -0.2) is 39.2 Å². The Hall–Kier alpha value is -2.68. The van der Waals surface area contributed by atoms with Crippen molar-refractivity contribution >= 4 is 34.5 Å². The number of nitrogens with zero attached hydrogens (tertiary/aromatic N) is 3. The second kappa shape index (κ2) is 8.14. The number of esters is 1. The highest BCUT2D eigenvalue weighted by Gasteiger charge is 2.42. The number of benzene rings is 1. The normalized spacial score (nSPS) is 19.4. The molecule has 2 aliphatic heterocycles. The summed E-state index contributed by atoms with van der Waals surface area (Å²) in [6, 6.07) is 5.19. The van der Waals surface area contributed by atoms with E-state index in [2.05, 4.69) is 4.99 Å². The number of hydrogen-bond acceptors (Lipinski definition) is 7. The van der Waals surface area contributed by atoms with Crippen molar-refractivity contribution in [2.45, 2.75) is 33.2 Å². The Labute approximate surface area is 166 Å². The molecule has 0 saturated carbocycles. The van der Waals surface area contributed by atoms with Crippen molar-refractivity contribution in [3.8, 4) is 0 Å². The average Bonchev–Trinajstić information content (AvgIpc) is 2.65. The average molecular weight is 403 g/mol. The van der Waals surface area contributed by atoms with Crippen LogP contribution in [-0.2, 0) is 14.3 Å². The molecule has 28 heavy (non-hydrogen) atoms. The van der Waals surface area contributed by atoms with Gasteiger partial charge in [-0.25, -0.2) is 9.79 Å². The number of allylic oxidation sites excluding steroid dienone is 1. The molecular weight excluding hydrogens is 382 g/mol. The topological polar surface area (TPSA) is 102 Å². The van der Waals surface area contributed by atoms with E-state index in [0.717, 1.165) is 0 Å². The third-order valence-electron chi connectivity index (χ3n) is 4.37. The predicted octanol–water partition coefficient (Wildman–Crippen LogP) is 3.44. The minimum Gasteiger partial charge on any atom is -0.462 e. The fourth-order valence-electron chi connectivity index (χ4n) is 3.10. The van der Waals surface area contributed by atoms with Crippen molar-refractivity contribution in [3.05, 3.63) is 51.2 Å². The van der Waals surface area contributed by atoms with Gasteiger partial charge in [0.05, 0.1) is 28.8 Å². The minimum absolute atomic E-state index is 0.105. The maximum Gasteiger partial charge on any atom is 0.338 e. The SMILES string of the molecule is CC1=C(C(=O)OCC(C)C)C(c2cccc([N+](=O)[O-])c2)N2C(=O)CCSC2=N1. The number of amides is 1. The molecule has 8 nitrogen and oxygen atoms in total. The summed E-state index contributed by atoms with van der Waals surface area (Å²) in [4.78, 5) is 42.2. The van der Waals surface area contributed by atoms with Crippen LogP contribution in [0.3, 0.4) is 0 Å². The Morgan fingerprint density at radius 1 is 1.46 bits per heavy atom. The number of nitro groups is 1. The highest BCUT2D eigenvalue weighted by molar-refractivity contribution is 8.14. The molecule has 1 saturated heterocycles. The highest BCUT2D eigenvalue weighted by Crippen LogP contribution is 2.41. The number of thioether (sulfide) groups is 1. The van der Waals surface area contributed by atoms with Crippen molar-refractivity contribution in [1.82, 2.24) is 4.90 Å². The van der Waals surface area contributed by atoms with Crippen LogP contribution in [0.25, 0.3) is 0 Å². The first kappa shape index (κ1) is 20.1. The molecule has 0 spiro atoms. The maximum atomic E-state index is 12.9. The Morgan fingerprint density at radius 2 is 2.21 bits per heavy atom. The lowest BCUT2D eigenvalue weighted by molar-refractivity contribution is -0.384. The number of carbonyl (C=O) groups excluding carboxylic acids is 2. The molecule has 148 valence electrons. The van der Waals surface area contributed by atoms with E-state index in [0.29, 0.717) is 28.6 Å². The molecule has 3 rings (SSSR count). The van der Waals surface area contributed by atoms with Gasteiger partial charge in [-0.2, -0.15) is 0 Å². The van der Waals surface area contributed by atoms with Crippen molar-refractivity contribution in [2.75, 3.05) is 12.4 Å². The molecule has 1 amide bonds. The monoisotopic (exact) mass is 403 g/mol. The van der Waals surface area contributed by atoms with E-state index < -0.39 is 16.9 Å². The van der Waals surface area contributed by atoms with Crippen LogP contribution >= 0.6 is 11.8 Å². The molecule has 0 bridgehead atoms. The Balaban J connectivity index is 2.11. The molecule has 1 atom stereocenters. The number of rotatable bonds is 5. The van der Waals surface area contributed by atoms with Gasteiger partial charge in [0.25, 0.3) is 5.69 Å². The largest absolute Gasteiger partial charge is 0.462 e. The highest BCUT2D eigenvalue weighted by atomic mass is 32.2. The van der Waals surface area contributed by atoms with Crippen LogP contribution in [0.4, 0.5) is 5.69 Å². The van der Waals surface area contributed by atoms with Gasteiger partial charge in [-0.15, -0.1) is 0 Å². The van der Waals surface area contributed by atoms with E-state index >= 15 is 0 Å². The molecule has 2 heterocycles. The summed E-state index contributed by atoms with van der Waals surface area (Å²) in [6.07, 6.45) is 0.308. The lowest BCUT2D eigenvalue weighted by Crippen LogP contribution is -2.45. The van der Waals surface area contributed by atoms with Crippen LogP contribution in [0.5, 0.6) is 0 Å². The second-order valence-corrected chi connectivity index (χ2v) is 8.06. The molecule has 0 N–H and O–H groups in total. The van der Waals surface area contributed by atoms with Gasteiger partial charge in [-0.05, 0) is 18.4 Å². The summed E-state index contributed by atoms with van der Waals surface area (Å²) >= 11 is 1.43. The van der Waals surface area contributed by atoms with E-state index in [-0.39, 0.29) is 29.7 Å². The van der Waals surface area contributed by atoms with Crippen LogP contribution in [0.1, 0.15) is 38.8 Å². The smallest absolute Gasteiger partial charge is 0.338 e. The molecule has 9 heteroatoms. The van der Waals surface area contributed by atoms with Crippen LogP contribution in [0.15, 0.2) is 40.5 Å². The van der Waals surface area contributed by atoms with Crippen molar-refractivity contribution in [3.63, 3.8) is 0 Å². The predicted molar refractivity (Wildman–Crippen MR) is 106 cm³/mol. The Morgan fingerprint density at radius 3 is 2.89 bits per heavy atom. The number of ether oxygens (including phenoxy) is 1. The Bertz CT molecular complexity index is 893. The summed E-state index contributed by atoms with van der Waals surface area (Å²) in [5.41, 5.74) is 1.07. The molecule has 1 aromatic carbocycles. The number of hydrogen-bond donors (Lipinski definition) is 0. The summed E-state index contributed by atoms with van der Waals surface area (Å²) in [5, 5.41) is 11.7. The van der Waals surface area contributed by atoms with Crippen molar-refractivity contribution in [2.24, 2.45) is 10.9 Å². The first-order chi connectivity index (χ1) is 13.3. The zero-order valence-electron chi connectivity index (χ0n) is 15.9. The van der Waals surface area contributed by atoms with Gasteiger partial charge < -0.3 is 4.74 Å². The molecule has 1 fully saturated rings. The van der Waals surface area contributed by atoms with Crippen LogP contribution in [0.2, 0.25) is 0 Å². The Kier molecular flexibility index (Phi) is 5.83. The maximum absolute atomic E-state index is 12.9. The van der Waals surface area contributed by atoms with Gasteiger partial charge in [0.2, 0.25) is 5.91 Å². The lowest BCUT2D eigenvalue weighted by Gasteiger charge is -2.38. The summed E-state index contributed by atoms with van der Waals surface area (Å²) in [7, 11) is 0. The van der Waals surface area contributed by atoms with E-state index in [9.17, 15) is 19.7 Å². The second-order valence-electron chi connectivity index (χ2n) is 7.00. The van der Waals surface area contributed by atoms with Gasteiger partial charge >= 0.3 is 5.97 Å². The third kappa shape index (κ3) is 3.94. The molecular formula is C19H21N3O5S. The quantitative estimate of drug-likeness (QED) is 0.424. The first-order valence-electron chi connectivity index (χ1n) is 8.95. The van der Waals surface area contributed by atoms with Gasteiger partial charge in [-0.3, -0.25) is 19.8 Å². The van der Waals surface area contributed by atoms with Gasteiger partial charge in [0, 0.05) is 24.3 Å². The number of non-ortho nitro benzene ring substituents is 1. The van der Waals surface area contributed by atoms with Gasteiger partial charge in [0.15, 0.2) is 5.17 Å². The molecule has 2 aliphatic rings. The van der Waals surface area contributed by atoms with Crippen molar-refractivity contribution in [1.29, 1.82) is 0 Å². The van der Waals surface area contributed by atoms with E-state index in [1.165, 1.54) is 28.8 Å². The summed E-state index contributed by atoms with van der Waals surface area (Å²) < 4.78 is 5.41. The van der Waals surface area contributed by atoms with Gasteiger partial charge in [-0.1, -0.05) is 37.7 Å². The van der Waals surface area contributed by atoms with Gasteiger partial charge in [0.1, 0.15) is 0 Å². The van der Waals surface area contributed by atoms with E-state index in [1.807, 2.05) is 13.8 Å². The number of fused-ring (bicyclic) bond motifs is 1. The zero-order chi connectivity index (χ0) is 20.4. The van der Waals surface area contributed by atoms with Crippen LogP contribution in [0, 0.1) is 16.0 Å². The van der Waals surface area contributed by atoms with E-state index in [4.69, 9.17) is 4.74 Å². The minimum atomic E-state index is -0.799. The number of nitro benzene ring substituents is 1. The van der Waals surface area contributed by atoms with E-state index in [1.54, 1.807) is 19.1 Å². The lowest BCUT2D eigenvalue weighted by atomic mass is 9.94. The zero-order valence-corrected chi connectivity index (χ0v) is 16.7. The molecule has 1 aromatic rings. The number of carbonyl (C=O) groups is 2. The first-order valence-corrected chi connectivity index (χ1v) is 9.94. The standard InChI is InChI=1S/C19H21N3O5S/c1-11(2)10-27-18(24)16-12(3)20-19-21(15(23)7-8-28-19)17(16)13-5-4-6-14(9-13)22(25)26/h4-6,9,11,17H,7-8,10H2,1-3H3. The molecule has 0 aliphatic carbocycles. The summed E-state index contributed by atoms with van der Waals surface area (Å²) in [5.74, 6) is 0.0245. The number of aliphatic imine (C=N–C) groups is 1. The molecule has 0 aromatic heterocycles. The fourth-order valence-corrected chi connectivity index (χ4v) is 4.11. The fraction of sp³-hybridized carbons (Fsp3) is 0.421. The van der Waals surface area contributed by atoms with Crippen LogP contribution < -0.4 is 0 Å². The molecule has 0 radical (unpaired) electrons. The molecule has 1 unspecified atom stereocenters. The number of amidine groups is 1. The van der Waals surface area contributed by atoms with Crippen molar-refractivity contribution < 1.29 is 19.2 Å². The summed E-state index contributed by atoms with van der Waals surface area (Å²) in [6.45, 7) is 5.78. The third-order valence-corrected chi connectivity index (χ3v) is 5.33.